The molecule has 1 aromatic carbocycles. The Balaban J connectivity index is 3.15. The minimum Gasteiger partial charge on any atom is -0.362 e. The predicted octanol–water partition coefficient (Wildman–Crippen LogP) is 3.89. The molecule has 0 heterocycles. The van der Waals surface area contributed by atoms with Gasteiger partial charge in [-0.05, 0) is 59.7 Å². The van der Waals surface area contributed by atoms with Gasteiger partial charge in [-0.15, -0.1) is 0 Å². The van der Waals surface area contributed by atoms with Gasteiger partial charge in [-0.25, -0.2) is 0 Å². The lowest BCUT2D eigenvalue weighted by atomic mass is 9.95. The third-order valence-corrected chi connectivity index (χ3v) is 2.30. The van der Waals surface area contributed by atoms with Crippen molar-refractivity contribution in [2.45, 2.75) is 52.6 Å². The van der Waals surface area contributed by atoms with Crippen LogP contribution in [0.4, 0.5) is 5.69 Å². The van der Waals surface area contributed by atoms with E-state index in [1.807, 2.05) is 12.1 Å². The maximum absolute atomic E-state index is 3.06. The second-order valence-corrected chi connectivity index (χ2v) is 5.94. The van der Waals surface area contributed by atoms with Crippen LogP contribution in [0, 0.1) is 6.07 Å². The summed E-state index contributed by atoms with van der Waals surface area (Å²) in [6.07, 6.45) is 0. The van der Waals surface area contributed by atoms with Gasteiger partial charge in [0.1, 0.15) is 0 Å². The smallest absolute Gasteiger partial charge is 0.0375 e. The fourth-order valence-corrected chi connectivity index (χ4v) is 2.31. The van der Waals surface area contributed by atoms with Gasteiger partial charge in [0.25, 0.3) is 0 Å². The van der Waals surface area contributed by atoms with Crippen LogP contribution in [0.3, 0.4) is 0 Å². The SMILES string of the molecule is CC(C)(C)N(c1cc[c]cc1)C(C)(C)C. The van der Waals surface area contributed by atoms with E-state index in [-0.39, 0.29) is 11.1 Å². The van der Waals surface area contributed by atoms with Gasteiger partial charge in [0.15, 0.2) is 0 Å². The average Bonchev–Trinajstić information content (AvgIpc) is 2.00. The molecule has 0 bridgehead atoms. The Labute approximate surface area is 94.1 Å². The van der Waals surface area contributed by atoms with Gasteiger partial charge in [0.2, 0.25) is 0 Å². The Morgan fingerprint density at radius 2 is 1.27 bits per heavy atom. The molecule has 0 saturated carbocycles. The van der Waals surface area contributed by atoms with Crippen LogP contribution in [0.15, 0.2) is 24.3 Å². The lowest BCUT2D eigenvalue weighted by molar-refractivity contribution is 0.381. The highest BCUT2D eigenvalue weighted by molar-refractivity contribution is 5.50. The molecular weight excluding hydrogens is 182 g/mol. The molecule has 1 rings (SSSR count). The van der Waals surface area contributed by atoms with Crippen LogP contribution in [0.5, 0.6) is 0 Å². The molecule has 1 radical (unpaired) electrons. The van der Waals surface area contributed by atoms with Crippen LogP contribution in [0.1, 0.15) is 41.5 Å². The fourth-order valence-electron chi connectivity index (χ4n) is 2.31. The van der Waals surface area contributed by atoms with Gasteiger partial charge in [-0.1, -0.05) is 12.1 Å². The second-order valence-electron chi connectivity index (χ2n) is 5.94. The molecule has 0 fully saturated rings. The molecule has 0 aliphatic rings. The summed E-state index contributed by atoms with van der Waals surface area (Å²) in [5, 5.41) is 0. The summed E-state index contributed by atoms with van der Waals surface area (Å²) < 4.78 is 0. The number of hydrogen-bond donors (Lipinski definition) is 0. The van der Waals surface area contributed by atoms with Crippen molar-refractivity contribution in [1.82, 2.24) is 0 Å². The van der Waals surface area contributed by atoms with Crippen LogP contribution >= 0.6 is 0 Å². The van der Waals surface area contributed by atoms with Crippen LogP contribution in [0.25, 0.3) is 0 Å². The standard InChI is InChI=1S/C14H22N/c1-13(2,3)15(14(4,5)6)12-10-8-7-9-11-12/h8-11H,1-6H3. The van der Waals surface area contributed by atoms with E-state index in [1.54, 1.807) is 0 Å². The van der Waals surface area contributed by atoms with E-state index in [4.69, 9.17) is 0 Å². The van der Waals surface area contributed by atoms with E-state index >= 15 is 0 Å². The highest BCUT2D eigenvalue weighted by atomic mass is 15.2. The first-order valence-electron chi connectivity index (χ1n) is 5.49. The zero-order valence-corrected chi connectivity index (χ0v) is 10.8. The Hall–Kier alpha value is -0.980. The molecule has 0 aliphatic carbocycles. The summed E-state index contributed by atoms with van der Waals surface area (Å²) in [5.41, 5.74) is 1.51. The van der Waals surface area contributed by atoms with Gasteiger partial charge < -0.3 is 4.90 Å². The molecule has 1 aromatic rings. The lowest BCUT2D eigenvalue weighted by Crippen LogP contribution is -2.53. The van der Waals surface area contributed by atoms with Crippen LogP contribution < -0.4 is 4.90 Å². The van der Waals surface area contributed by atoms with Gasteiger partial charge in [-0.3, -0.25) is 0 Å². The summed E-state index contributed by atoms with van der Waals surface area (Å²) in [6, 6.07) is 11.3. The van der Waals surface area contributed by atoms with E-state index in [2.05, 4.69) is 64.6 Å². The summed E-state index contributed by atoms with van der Waals surface area (Å²) in [4.78, 5) is 2.44. The molecule has 15 heavy (non-hydrogen) atoms. The molecule has 1 nitrogen and oxygen atoms in total. The Morgan fingerprint density at radius 1 is 0.867 bits per heavy atom. The summed E-state index contributed by atoms with van der Waals surface area (Å²) in [5.74, 6) is 0. The average molecular weight is 204 g/mol. The van der Waals surface area contributed by atoms with Crippen molar-refractivity contribution < 1.29 is 0 Å². The van der Waals surface area contributed by atoms with Crippen LogP contribution in [-0.2, 0) is 0 Å². The highest BCUT2D eigenvalue weighted by Gasteiger charge is 2.31. The lowest BCUT2D eigenvalue weighted by Gasteiger charge is -2.47. The first-order chi connectivity index (χ1) is 6.73. The number of nitrogens with zero attached hydrogens (tertiary/aromatic N) is 1. The van der Waals surface area contributed by atoms with Crippen molar-refractivity contribution >= 4 is 5.69 Å². The second kappa shape index (κ2) is 3.88. The molecule has 83 valence electrons. The predicted molar refractivity (Wildman–Crippen MR) is 67.3 cm³/mol. The first-order valence-corrected chi connectivity index (χ1v) is 5.49. The van der Waals surface area contributed by atoms with E-state index in [9.17, 15) is 0 Å². The maximum Gasteiger partial charge on any atom is 0.0375 e. The van der Waals surface area contributed by atoms with E-state index in [1.165, 1.54) is 5.69 Å². The summed E-state index contributed by atoms with van der Waals surface area (Å²) >= 11 is 0. The van der Waals surface area contributed by atoms with Crippen LogP contribution in [0.2, 0.25) is 0 Å². The molecule has 0 N–H and O–H groups in total. The molecule has 0 unspecified atom stereocenters. The molecule has 1 heteroatoms. The van der Waals surface area contributed by atoms with E-state index < -0.39 is 0 Å². The van der Waals surface area contributed by atoms with Crippen molar-refractivity contribution in [3.05, 3.63) is 30.3 Å². The highest BCUT2D eigenvalue weighted by Crippen LogP contribution is 2.31. The van der Waals surface area contributed by atoms with Gasteiger partial charge in [0, 0.05) is 16.8 Å². The minimum absolute atomic E-state index is 0.125. The van der Waals surface area contributed by atoms with Crippen molar-refractivity contribution in [2.24, 2.45) is 0 Å². The Morgan fingerprint density at radius 3 is 1.60 bits per heavy atom. The number of anilines is 1. The van der Waals surface area contributed by atoms with Crippen molar-refractivity contribution in [3.8, 4) is 0 Å². The van der Waals surface area contributed by atoms with Gasteiger partial charge in [-0.2, -0.15) is 0 Å². The fraction of sp³-hybridized carbons (Fsp3) is 0.571. The van der Waals surface area contributed by atoms with Crippen LogP contribution in [-0.4, -0.2) is 11.1 Å². The normalized spacial score (nSPS) is 12.7. The quantitative estimate of drug-likeness (QED) is 0.671. The number of rotatable bonds is 1. The maximum atomic E-state index is 3.06. The molecule has 0 saturated heterocycles. The Bertz CT molecular complexity index is 286. The molecule has 0 aromatic heterocycles. The van der Waals surface area contributed by atoms with E-state index in [0.717, 1.165) is 0 Å². The third kappa shape index (κ3) is 2.98. The molecule has 0 aliphatic heterocycles. The van der Waals surface area contributed by atoms with Gasteiger partial charge in [0.05, 0.1) is 0 Å². The molecule has 0 atom stereocenters. The topological polar surface area (TPSA) is 3.24 Å². The third-order valence-electron chi connectivity index (χ3n) is 2.30. The summed E-state index contributed by atoms with van der Waals surface area (Å²) in [7, 11) is 0. The largest absolute Gasteiger partial charge is 0.362 e. The molecule has 0 amide bonds. The number of benzene rings is 1. The van der Waals surface area contributed by atoms with Crippen molar-refractivity contribution in [1.29, 1.82) is 0 Å². The first kappa shape index (κ1) is 12.1. The summed E-state index contributed by atoms with van der Waals surface area (Å²) in [6.45, 7) is 13.5. The monoisotopic (exact) mass is 204 g/mol. The minimum atomic E-state index is 0.125. The van der Waals surface area contributed by atoms with E-state index in [0.29, 0.717) is 0 Å². The zero-order valence-electron chi connectivity index (χ0n) is 10.8. The zero-order chi connectivity index (χ0) is 11.7. The van der Waals surface area contributed by atoms with Gasteiger partial charge >= 0.3 is 0 Å². The Kier molecular flexibility index (Phi) is 3.13. The van der Waals surface area contributed by atoms with Crippen molar-refractivity contribution in [2.75, 3.05) is 4.90 Å². The number of hydrogen-bond acceptors (Lipinski definition) is 1. The molecule has 0 spiro atoms. The van der Waals surface area contributed by atoms with Crippen molar-refractivity contribution in [3.63, 3.8) is 0 Å². The molecular formula is C14H22N.